The third-order valence-electron chi connectivity index (χ3n) is 2.30. The molecule has 0 saturated carbocycles. The van der Waals surface area contributed by atoms with E-state index in [0.29, 0.717) is 21.2 Å². The van der Waals surface area contributed by atoms with Crippen LogP contribution in [0.25, 0.3) is 0 Å². The zero-order valence-electron chi connectivity index (χ0n) is 9.57. The standard InChI is InChI=1S/C13H10ClNO2S/c1-8(16)15-11-6-7-18-13(11)12(17)9-4-2-3-5-10(9)14/h2-7H,1H3,(H,15,16). The van der Waals surface area contributed by atoms with Crippen LogP contribution in [-0.2, 0) is 4.79 Å². The van der Waals surface area contributed by atoms with Crippen LogP contribution >= 0.6 is 22.9 Å². The number of ketones is 1. The van der Waals surface area contributed by atoms with E-state index >= 15 is 0 Å². The number of halogens is 1. The van der Waals surface area contributed by atoms with Gasteiger partial charge in [0.05, 0.1) is 15.6 Å². The fourth-order valence-electron chi connectivity index (χ4n) is 1.54. The summed E-state index contributed by atoms with van der Waals surface area (Å²) in [5.41, 5.74) is 0.964. The van der Waals surface area contributed by atoms with Crippen LogP contribution in [0.5, 0.6) is 0 Å². The molecule has 3 nitrogen and oxygen atoms in total. The second kappa shape index (κ2) is 5.33. The molecule has 0 aliphatic carbocycles. The Kier molecular flexibility index (Phi) is 3.79. The Bertz CT molecular complexity index is 607. The summed E-state index contributed by atoms with van der Waals surface area (Å²) in [6, 6.07) is 8.56. The number of amides is 1. The third kappa shape index (κ3) is 2.60. The SMILES string of the molecule is CC(=O)Nc1ccsc1C(=O)c1ccccc1Cl. The van der Waals surface area contributed by atoms with Gasteiger partial charge in [-0.1, -0.05) is 23.7 Å². The molecule has 0 spiro atoms. The van der Waals surface area contributed by atoms with Crippen LogP contribution in [0.2, 0.25) is 5.02 Å². The Morgan fingerprint density at radius 3 is 2.61 bits per heavy atom. The molecular weight excluding hydrogens is 270 g/mol. The summed E-state index contributed by atoms with van der Waals surface area (Å²) in [5.74, 6) is -0.388. The van der Waals surface area contributed by atoms with E-state index in [1.165, 1.54) is 18.3 Å². The van der Waals surface area contributed by atoms with Gasteiger partial charge in [0.25, 0.3) is 0 Å². The van der Waals surface area contributed by atoms with Crippen molar-refractivity contribution < 1.29 is 9.59 Å². The van der Waals surface area contributed by atoms with E-state index in [1.807, 2.05) is 0 Å². The number of hydrogen-bond donors (Lipinski definition) is 1. The summed E-state index contributed by atoms with van der Waals surface area (Å²) in [7, 11) is 0. The number of carbonyl (C=O) groups is 2. The van der Waals surface area contributed by atoms with Crippen LogP contribution in [0.4, 0.5) is 5.69 Å². The van der Waals surface area contributed by atoms with Crippen LogP contribution in [0.15, 0.2) is 35.7 Å². The molecule has 0 unspecified atom stereocenters. The molecular formula is C13H10ClNO2S. The van der Waals surface area contributed by atoms with Gasteiger partial charge in [0.2, 0.25) is 11.7 Å². The summed E-state index contributed by atoms with van der Waals surface area (Å²) >= 11 is 7.27. The van der Waals surface area contributed by atoms with Crippen molar-refractivity contribution in [2.45, 2.75) is 6.92 Å². The molecule has 0 bridgehead atoms. The lowest BCUT2D eigenvalue weighted by Gasteiger charge is -2.05. The maximum Gasteiger partial charge on any atom is 0.221 e. The lowest BCUT2D eigenvalue weighted by molar-refractivity contribution is -0.114. The number of benzene rings is 1. The first-order chi connectivity index (χ1) is 8.59. The monoisotopic (exact) mass is 279 g/mol. The summed E-state index contributed by atoms with van der Waals surface area (Å²) in [5, 5.41) is 4.80. The van der Waals surface area contributed by atoms with E-state index in [-0.39, 0.29) is 11.7 Å². The normalized spacial score (nSPS) is 10.1. The second-order valence-electron chi connectivity index (χ2n) is 3.65. The van der Waals surface area contributed by atoms with Crippen molar-refractivity contribution in [2.75, 3.05) is 5.32 Å². The highest BCUT2D eigenvalue weighted by molar-refractivity contribution is 7.13. The second-order valence-corrected chi connectivity index (χ2v) is 4.98. The van der Waals surface area contributed by atoms with Gasteiger partial charge in [-0.3, -0.25) is 9.59 Å². The van der Waals surface area contributed by atoms with Gasteiger partial charge in [-0.05, 0) is 23.6 Å². The minimum atomic E-state index is -0.207. The number of hydrogen-bond acceptors (Lipinski definition) is 3. The van der Waals surface area contributed by atoms with Crippen molar-refractivity contribution in [3.63, 3.8) is 0 Å². The average molecular weight is 280 g/mol. The molecule has 5 heteroatoms. The number of nitrogens with one attached hydrogen (secondary N) is 1. The Hall–Kier alpha value is -1.65. The van der Waals surface area contributed by atoms with Crippen molar-refractivity contribution in [3.05, 3.63) is 51.2 Å². The molecule has 2 aromatic rings. The first-order valence-corrected chi connectivity index (χ1v) is 6.49. The molecule has 0 radical (unpaired) electrons. The molecule has 1 aromatic carbocycles. The summed E-state index contributed by atoms with van der Waals surface area (Å²) in [6.45, 7) is 1.40. The number of anilines is 1. The molecule has 0 aliphatic heterocycles. The highest BCUT2D eigenvalue weighted by Gasteiger charge is 2.18. The minimum absolute atomic E-state index is 0.181. The van der Waals surface area contributed by atoms with E-state index in [9.17, 15) is 9.59 Å². The predicted octanol–water partition coefficient (Wildman–Crippen LogP) is 3.59. The largest absolute Gasteiger partial charge is 0.325 e. The maximum atomic E-state index is 12.3. The molecule has 0 aliphatic rings. The Morgan fingerprint density at radius 1 is 1.22 bits per heavy atom. The van der Waals surface area contributed by atoms with Gasteiger partial charge >= 0.3 is 0 Å². The van der Waals surface area contributed by atoms with E-state index < -0.39 is 0 Å². The molecule has 18 heavy (non-hydrogen) atoms. The first-order valence-electron chi connectivity index (χ1n) is 5.24. The number of rotatable bonds is 3. The van der Waals surface area contributed by atoms with E-state index in [0.717, 1.165) is 0 Å². The van der Waals surface area contributed by atoms with Gasteiger partial charge < -0.3 is 5.32 Å². The van der Waals surface area contributed by atoms with Gasteiger partial charge in [0, 0.05) is 12.5 Å². The highest BCUT2D eigenvalue weighted by atomic mass is 35.5. The third-order valence-corrected chi connectivity index (χ3v) is 3.54. The molecule has 0 saturated heterocycles. The Morgan fingerprint density at radius 2 is 1.94 bits per heavy atom. The van der Waals surface area contributed by atoms with Crippen LogP contribution in [0.3, 0.4) is 0 Å². The lowest BCUT2D eigenvalue weighted by Crippen LogP contribution is -2.09. The quantitative estimate of drug-likeness (QED) is 0.873. The Labute approximate surface area is 113 Å². The molecule has 0 fully saturated rings. The molecule has 1 heterocycles. The van der Waals surface area contributed by atoms with Crippen LogP contribution in [0.1, 0.15) is 22.2 Å². The molecule has 1 amide bonds. The van der Waals surface area contributed by atoms with Crippen molar-refractivity contribution in [2.24, 2.45) is 0 Å². The Balaban J connectivity index is 2.38. The van der Waals surface area contributed by atoms with Crippen LogP contribution < -0.4 is 5.32 Å². The van der Waals surface area contributed by atoms with Gasteiger partial charge in [-0.25, -0.2) is 0 Å². The van der Waals surface area contributed by atoms with Crippen molar-refractivity contribution in [1.29, 1.82) is 0 Å². The fourth-order valence-corrected chi connectivity index (χ4v) is 2.57. The summed E-state index contributed by atoms with van der Waals surface area (Å²) in [6.07, 6.45) is 0. The van der Waals surface area contributed by atoms with Gasteiger partial charge in [-0.2, -0.15) is 0 Å². The zero-order valence-corrected chi connectivity index (χ0v) is 11.1. The summed E-state index contributed by atoms with van der Waals surface area (Å²) < 4.78 is 0. The van der Waals surface area contributed by atoms with Gasteiger partial charge in [0.15, 0.2) is 0 Å². The topological polar surface area (TPSA) is 46.2 Å². The van der Waals surface area contributed by atoms with Gasteiger partial charge in [-0.15, -0.1) is 11.3 Å². The highest BCUT2D eigenvalue weighted by Crippen LogP contribution is 2.28. The molecule has 92 valence electrons. The lowest BCUT2D eigenvalue weighted by atomic mass is 10.1. The fraction of sp³-hybridized carbons (Fsp3) is 0.0769. The van der Waals surface area contributed by atoms with Crippen LogP contribution in [-0.4, -0.2) is 11.7 Å². The van der Waals surface area contributed by atoms with E-state index in [4.69, 9.17) is 11.6 Å². The minimum Gasteiger partial charge on any atom is -0.325 e. The zero-order chi connectivity index (χ0) is 13.1. The molecule has 2 rings (SSSR count). The van der Waals surface area contributed by atoms with Crippen molar-refractivity contribution in [3.8, 4) is 0 Å². The predicted molar refractivity (Wildman–Crippen MR) is 73.5 cm³/mol. The summed E-state index contributed by atoms with van der Waals surface area (Å²) in [4.78, 5) is 23.8. The van der Waals surface area contributed by atoms with Crippen LogP contribution in [0, 0.1) is 0 Å². The molecule has 0 atom stereocenters. The number of carbonyl (C=O) groups excluding carboxylic acids is 2. The molecule has 1 aromatic heterocycles. The van der Waals surface area contributed by atoms with Crippen molar-refractivity contribution >= 4 is 40.3 Å². The number of thiophene rings is 1. The smallest absolute Gasteiger partial charge is 0.221 e. The van der Waals surface area contributed by atoms with E-state index in [1.54, 1.807) is 35.7 Å². The molecule has 1 N–H and O–H groups in total. The first kappa shape index (κ1) is 12.8. The van der Waals surface area contributed by atoms with Gasteiger partial charge in [0.1, 0.15) is 0 Å². The maximum absolute atomic E-state index is 12.3. The van der Waals surface area contributed by atoms with E-state index in [2.05, 4.69) is 5.32 Å². The average Bonchev–Trinajstić information content (AvgIpc) is 2.76. The van der Waals surface area contributed by atoms with Crippen molar-refractivity contribution in [1.82, 2.24) is 0 Å².